The molecule has 0 aliphatic rings. The Morgan fingerprint density at radius 2 is 2.17 bits per heavy atom. The first kappa shape index (κ1) is 12.0. The molecule has 0 atom stereocenters. The van der Waals surface area contributed by atoms with E-state index in [4.69, 9.17) is 15.1 Å². The summed E-state index contributed by atoms with van der Waals surface area (Å²) in [5, 5.41) is 17.6. The zero-order valence-corrected chi connectivity index (χ0v) is 9.58. The largest absolute Gasteiger partial charge is 0.487 e. The molecule has 0 radical (unpaired) electrons. The molecule has 5 nitrogen and oxygen atoms in total. The third-order valence-electron chi connectivity index (χ3n) is 2.30. The van der Waals surface area contributed by atoms with Crippen molar-refractivity contribution in [1.82, 2.24) is 9.97 Å². The van der Waals surface area contributed by atoms with Gasteiger partial charge in [0, 0.05) is 6.20 Å². The smallest absolute Gasteiger partial charge is 0.140 e. The number of aromatic nitrogens is 2. The normalized spacial score (nSPS) is 9.78. The summed E-state index contributed by atoms with van der Waals surface area (Å²) < 4.78 is 5.51. The minimum atomic E-state index is -0.0871. The van der Waals surface area contributed by atoms with Crippen LogP contribution in [0.15, 0.2) is 36.7 Å². The van der Waals surface area contributed by atoms with Crippen molar-refractivity contribution in [2.24, 2.45) is 0 Å². The summed E-state index contributed by atoms with van der Waals surface area (Å²) in [7, 11) is 0. The van der Waals surface area contributed by atoms with Crippen LogP contribution in [-0.4, -0.2) is 15.1 Å². The summed E-state index contributed by atoms with van der Waals surface area (Å²) in [6, 6.07) is 8.88. The lowest BCUT2D eigenvalue weighted by molar-refractivity contribution is 0.275. The van der Waals surface area contributed by atoms with Gasteiger partial charge in [0.1, 0.15) is 24.1 Å². The molecule has 0 saturated heterocycles. The van der Waals surface area contributed by atoms with E-state index in [2.05, 4.69) is 9.97 Å². The molecule has 0 fully saturated rings. The van der Waals surface area contributed by atoms with Gasteiger partial charge in [0.05, 0.1) is 18.5 Å². The highest BCUT2D eigenvalue weighted by atomic mass is 16.5. The Bertz CT molecular complexity index is 561. The van der Waals surface area contributed by atoms with Crippen LogP contribution in [0.5, 0.6) is 5.75 Å². The van der Waals surface area contributed by atoms with Crippen LogP contribution < -0.4 is 4.74 Å². The van der Waals surface area contributed by atoms with E-state index in [-0.39, 0.29) is 6.61 Å². The third-order valence-corrected chi connectivity index (χ3v) is 2.30. The number of aliphatic hydroxyl groups is 1. The standard InChI is InChI=1S/C13H11N3O2/c14-6-12-5-10(3-4-15-12)9-18-13-2-1-11(8-17)16-7-13/h1-5,7,17H,8-9H2. The number of hydrogen-bond acceptors (Lipinski definition) is 5. The first-order valence-corrected chi connectivity index (χ1v) is 5.35. The van der Waals surface area contributed by atoms with Crippen molar-refractivity contribution >= 4 is 0 Å². The molecule has 0 aliphatic carbocycles. The molecule has 0 amide bonds. The monoisotopic (exact) mass is 241 g/mol. The van der Waals surface area contributed by atoms with Gasteiger partial charge in [0.15, 0.2) is 0 Å². The van der Waals surface area contributed by atoms with Gasteiger partial charge in [0.2, 0.25) is 0 Å². The van der Waals surface area contributed by atoms with Crippen molar-refractivity contribution < 1.29 is 9.84 Å². The first-order chi connectivity index (χ1) is 8.81. The Morgan fingerprint density at radius 3 is 2.83 bits per heavy atom. The molecule has 0 unspecified atom stereocenters. The van der Waals surface area contributed by atoms with Gasteiger partial charge >= 0.3 is 0 Å². The average molecular weight is 241 g/mol. The molecule has 2 aromatic rings. The molecule has 0 bridgehead atoms. The SMILES string of the molecule is N#Cc1cc(COc2ccc(CO)nc2)ccn1. The van der Waals surface area contributed by atoms with Crippen molar-refractivity contribution in [3.05, 3.63) is 53.6 Å². The van der Waals surface area contributed by atoms with Gasteiger partial charge in [-0.2, -0.15) is 5.26 Å². The molecular weight excluding hydrogens is 230 g/mol. The third kappa shape index (κ3) is 3.03. The second-order valence-electron chi connectivity index (χ2n) is 3.59. The van der Waals surface area contributed by atoms with Crippen molar-refractivity contribution in [3.63, 3.8) is 0 Å². The highest BCUT2D eigenvalue weighted by Gasteiger charge is 1.99. The fourth-order valence-electron chi connectivity index (χ4n) is 1.38. The van der Waals surface area contributed by atoms with Gasteiger partial charge in [-0.15, -0.1) is 0 Å². The Hall–Kier alpha value is -2.45. The molecule has 0 spiro atoms. The molecule has 0 saturated carbocycles. The molecule has 2 heterocycles. The van der Waals surface area contributed by atoms with E-state index in [0.717, 1.165) is 5.56 Å². The highest BCUT2D eigenvalue weighted by Crippen LogP contribution is 2.12. The van der Waals surface area contributed by atoms with E-state index in [0.29, 0.717) is 23.7 Å². The lowest BCUT2D eigenvalue weighted by Crippen LogP contribution is -1.98. The van der Waals surface area contributed by atoms with Crippen molar-refractivity contribution in [1.29, 1.82) is 5.26 Å². The lowest BCUT2D eigenvalue weighted by atomic mass is 10.2. The van der Waals surface area contributed by atoms with E-state index in [1.165, 1.54) is 0 Å². The van der Waals surface area contributed by atoms with Crippen LogP contribution in [0, 0.1) is 11.3 Å². The topological polar surface area (TPSA) is 79.0 Å². The molecule has 90 valence electrons. The van der Waals surface area contributed by atoms with Gasteiger partial charge in [0.25, 0.3) is 0 Å². The summed E-state index contributed by atoms with van der Waals surface area (Å²) in [5.74, 6) is 0.613. The summed E-state index contributed by atoms with van der Waals surface area (Å²) in [6.07, 6.45) is 3.13. The molecule has 5 heteroatoms. The summed E-state index contributed by atoms with van der Waals surface area (Å²) in [6.45, 7) is 0.257. The van der Waals surface area contributed by atoms with Gasteiger partial charge in [-0.3, -0.25) is 4.98 Å². The number of rotatable bonds is 4. The molecule has 2 aromatic heterocycles. The van der Waals surface area contributed by atoms with Crippen LogP contribution in [0.2, 0.25) is 0 Å². The van der Waals surface area contributed by atoms with Crippen LogP contribution in [0.1, 0.15) is 17.0 Å². The number of ether oxygens (including phenoxy) is 1. The van der Waals surface area contributed by atoms with Gasteiger partial charge in [-0.05, 0) is 29.8 Å². The van der Waals surface area contributed by atoms with Crippen molar-refractivity contribution in [3.8, 4) is 11.8 Å². The number of nitriles is 1. The van der Waals surface area contributed by atoms with Crippen LogP contribution in [0.25, 0.3) is 0 Å². The first-order valence-electron chi connectivity index (χ1n) is 5.35. The number of pyridine rings is 2. The minimum Gasteiger partial charge on any atom is -0.487 e. The number of nitrogens with zero attached hydrogens (tertiary/aromatic N) is 3. The maximum Gasteiger partial charge on any atom is 0.140 e. The van der Waals surface area contributed by atoms with E-state index in [9.17, 15) is 0 Å². The van der Waals surface area contributed by atoms with E-state index < -0.39 is 0 Å². The maximum atomic E-state index is 8.85. The van der Waals surface area contributed by atoms with Gasteiger partial charge < -0.3 is 9.84 Å². The molecule has 18 heavy (non-hydrogen) atoms. The molecule has 0 aliphatic heterocycles. The summed E-state index contributed by atoms with van der Waals surface area (Å²) >= 11 is 0. The second kappa shape index (κ2) is 5.75. The zero-order valence-electron chi connectivity index (χ0n) is 9.58. The molecule has 2 rings (SSSR count). The van der Waals surface area contributed by atoms with Crippen LogP contribution in [-0.2, 0) is 13.2 Å². The lowest BCUT2D eigenvalue weighted by Gasteiger charge is -2.06. The highest BCUT2D eigenvalue weighted by molar-refractivity contribution is 5.26. The Morgan fingerprint density at radius 1 is 1.28 bits per heavy atom. The van der Waals surface area contributed by atoms with Crippen LogP contribution in [0.3, 0.4) is 0 Å². The predicted molar refractivity (Wildman–Crippen MR) is 63.4 cm³/mol. The van der Waals surface area contributed by atoms with E-state index in [1.807, 2.05) is 6.07 Å². The maximum absolute atomic E-state index is 8.85. The quantitative estimate of drug-likeness (QED) is 0.875. The summed E-state index contributed by atoms with van der Waals surface area (Å²) in [5.41, 5.74) is 1.83. The van der Waals surface area contributed by atoms with Crippen LogP contribution >= 0.6 is 0 Å². The number of aliphatic hydroxyl groups excluding tert-OH is 1. The minimum absolute atomic E-state index is 0.0871. The summed E-state index contributed by atoms with van der Waals surface area (Å²) in [4.78, 5) is 7.88. The van der Waals surface area contributed by atoms with Gasteiger partial charge in [-0.1, -0.05) is 0 Å². The Balaban J connectivity index is 2.00. The van der Waals surface area contributed by atoms with Gasteiger partial charge in [-0.25, -0.2) is 4.98 Å². The zero-order chi connectivity index (χ0) is 12.8. The molecule has 1 N–H and O–H groups in total. The molecular formula is C13H11N3O2. The molecule has 0 aromatic carbocycles. The second-order valence-corrected chi connectivity index (χ2v) is 3.59. The fraction of sp³-hybridized carbons (Fsp3) is 0.154. The van der Waals surface area contributed by atoms with Crippen molar-refractivity contribution in [2.75, 3.05) is 0 Å². The predicted octanol–water partition coefficient (Wildman–Crippen LogP) is 1.42. The Labute approximate surface area is 104 Å². The average Bonchev–Trinajstić information content (AvgIpc) is 2.46. The van der Waals surface area contributed by atoms with E-state index >= 15 is 0 Å². The Kier molecular flexibility index (Phi) is 3.84. The fourth-order valence-corrected chi connectivity index (χ4v) is 1.38. The number of hydrogen-bond donors (Lipinski definition) is 1. The van der Waals surface area contributed by atoms with Crippen LogP contribution in [0.4, 0.5) is 0 Å². The van der Waals surface area contributed by atoms with E-state index in [1.54, 1.807) is 36.7 Å². The van der Waals surface area contributed by atoms with Crippen molar-refractivity contribution in [2.45, 2.75) is 13.2 Å².